The SMILES string of the molecule is O=C(Nc1ccc2c(c1)C(F)(F)OC(F)(F)O2)N1CCCN(Cc2ccsc2)CC1. The van der Waals surface area contributed by atoms with Crippen molar-refractivity contribution in [2.45, 2.75) is 25.4 Å². The van der Waals surface area contributed by atoms with Gasteiger partial charge in [0.25, 0.3) is 0 Å². The number of ether oxygens (including phenoxy) is 2. The number of nitrogens with zero attached hydrogens (tertiary/aromatic N) is 2. The van der Waals surface area contributed by atoms with E-state index in [1.54, 1.807) is 16.2 Å². The first kappa shape index (κ1) is 20.9. The maximum absolute atomic E-state index is 13.9. The number of hydrogen-bond donors (Lipinski definition) is 1. The monoisotopic (exact) mass is 445 g/mol. The van der Waals surface area contributed by atoms with Gasteiger partial charge in [-0.25, -0.2) is 9.53 Å². The predicted octanol–water partition coefficient (Wildman–Crippen LogP) is 4.50. The number of halogens is 4. The highest BCUT2D eigenvalue weighted by atomic mass is 32.1. The Morgan fingerprint density at radius 3 is 2.73 bits per heavy atom. The van der Waals surface area contributed by atoms with E-state index in [2.05, 4.69) is 31.1 Å². The van der Waals surface area contributed by atoms with Gasteiger partial charge in [0.1, 0.15) is 5.75 Å². The van der Waals surface area contributed by atoms with E-state index in [0.717, 1.165) is 31.6 Å². The summed E-state index contributed by atoms with van der Waals surface area (Å²) >= 11 is 1.64. The Hall–Kier alpha value is -2.37. The van der Waals surface area contributed by atoms with E-state index in [9.17, 15) is 22.4 Å². The summed E-state index contributed by atoms with van der Waals surface area (Å²) in [5, 5.41) is 6.65. The van der Waals surface area contributed by atoms with Crippen molar-refractivity contribution >= 4 is 23.1 Å². The summed E-state index contributed by atoms with van der Waals surface area (Å²) < 4.78 is 61.6. The molecule has 2 aliphatic rings. The van der Waals surface area contributed by atoms with E-state index in [-0.39, 0.29) is 5.69 Å². The van der Waals surface area contributed by atoms with Gasteiger partial charge < -0.3 is 15.0 Å². The van der Waals surface area contributed by atoms with Gasteiger partial charge in [0.05, 0.1) is 5.56 Å². The highest BCUT2D eigenvalue weighted by molar-refractivity contribution is 7.07. The zero-order valence-corrected chi connectivity index (χ0v) is 16.6. The van der Waals surface area contributed by atoms with Crippen molar-refractivity contribution in [3.8, 4) is 5.75 Å². The van der Waals surface area contributed by atoms with Crippen LogP contribution in [0.25, 0.3) is 0 Å². The van der Waals surface area contributed by atoms with Gasteiger partial charge >= 0.3 is 18.4 Å². The van der Waals surface area contributed by atoms with E-state index in [1.165, 1.54) is 11.6 Å². The molecule has 2 aromatic rings. The van der Waals surface area contributed by atoms with Gasteiger partial charge in [-0.1, -0.05) is 0 Å². The Labute approximate surface area is 174 Å². The zero-order chi connectivity index (χ0) is 21.4. The standard InChI is InChI=1S/C19H19F4N3O3S/c20-18(21)15-10-14(2-3-16(15)28-19(22,23)29-18)24-17(27)26-6-1-5-25(7-8-26)11-13-4-9-30-12-13/h2-4,9-10,12H,1,5-8,11H2,(H,24,27). The lowest BCUT2D eigenvalue weighted by Gasteiger charge is -2.30. The molecule has 0 saturated carbocycles. The van der Waals surface area contributed by atoms with E-state index in [4.69, 9.17) is 0 Å². The number of urea groups is 1. The molecule has 0 radical (unpaired) electrons. The molecular formula is C19H19F4N3O3S. The third-order valence-corrected chi connectivity index (χ3v) is 5.61. The highest BCUT2D eigenvalue weighted by Gasteiger charge is 2.54. The molecule has 30 heavy (non-hydrogen) atoms. The molecule has 0 aliphatic carbocycles. The van der Waals surface area contributed by atoms with Gasteiger partial charge in [-0.3, -0.25) is 4.90 Å². The van der Waals surface area contributed by atoms with Crippen LogP contribution in [-0.4, -0.2) is 48.3 Å². The van der Waals surface area contributed by atoms with Gasteiger partial charge in [0, 0.05) is 38.4 Å². The molecule has 1 N–H and O–H groups in total. The summed E-state index contributed by atoms with van der Waals surface area (Å²) in [6.45, 7) is 3.33. The molecule has 2 aliphatic heterocycles. The molecule has 3 heterocycles. The molecule has 1 aromatic carbocycles. The van der Waals surface area contributed by atoms with Crippen LogP contribution in [0.3, 0.4) is 0 Å². The Morgan fingerprint density at radius 1 is 1.13 bits per heavy atom. The molecule has 6 nitrogen and oxygen atoms in total. The van der Waals surface area contributed by atoms with Crippen LogP contribution in [0, 0.1) is 0 Å². The van der Waals surface area contributed by atoms with Crippen molar-refractivity contribution in [3.05, 3.63) is 46.2 Å². The molecule has 0 spiro atoms. The van der Waals surface area contributed by atoms with Crippen LogP contribution in [0.5, 0.6) is 5.75 Å². The molecule has 1 fully saturated rings. The number of anilines is 1. The smallest absolute Gasteiger partial charge is 0.409 e. The second-order valence-corrected chi connectivity index (χ2v) is 7.85. The Morgan fingerprint density at radius 2 is 1.97 bits per heavy atom. The van der Waals surface area contributed by atoms with Crippen LogP contribution >= 0.6 is 11.3 Å². The summed E-state index contributed by atoms with van der Waals surface area (Å²) in [6.07, 6.45) is -7.90. The van der Waals surface area contributed by atoms with Gasteiger partial charge in [-0.2, -0.15) is 20.1 Å². The summed E-state index contributed by atoms with van der Waals surface area (Å²) in [6, 6.07) is 4.69. The molecule has 11 heteroatoms. The quantitative estimate of drug-likeness (QED) is 0.708. The first-order valence-corrected chi connectivity index (χ1v) is 10.2. The van der Waals surface area contributed by atoms with E-state index >= 15 is 0 Å². The minimum absolute atomic E-state index is 0.0372. The fraction of sp³-hybridized carbons (Fsp3) is 0.421. The number of carbonyl (C=O) groups is 1. The van der Waals surface area contributed by atoms with Crippen molar-refractivity contribution in [1.82, 2.24) is 9.80 Å². The number of nitrogens with one attached hydrogen (secondary N) is 1. The molecule has 162 valence electrons. The first-order valence-electron chi connectivity index (χ1n) is 9.30. The number of alkyl halides is 4. The van der Waals surface area contributed by atoms with E-state index in [0.29, 0.717) is 19.6 Å². The summed E-state index contributed by atoms with van der Waals surface area (Å²) in [5.41, 5.74) is 0.391. The van der Waals surface area contributed by atoms with Crippen molar-refractivity contribution in [2.24, 2.45) is 0 Å². The summed E-state index contributed by atoms with van der Waals surface area (Å²) in [4.78, 5) is 16.5. The van der Waals surface area contributed by atoms with Crippen molar-refractivity contribution in [1.29, 1.82) is 0 Å². The van der Waals surface area contributed by atoms with Crippen molar-refractivity contribution in [2.75, 3.05) is 31.5 Å². The van der Waals surface area contributed by atoms with E-state index in [1.807, 2.05) is 5.38 Å². The molecule has 1 saturated heterocycles. The predicted molar refractivity (Wildman–Crippen MR) is 102 cm³/mol. The Bertz CT molecular complexity index is 910. The normalized spacial score (nSPS) is 20.7. The molecule has 4 rings (SSSR count). The minimum Gasteiger partial charge on any atom is -0.409 e. The van der Waals surface area contributed by atoms with Gasteiger partial charge in [0.2, 0.25) is 0 Å². The molecule has 2 amide bonds. The number of amides is 2. The lowest BCUT2D eigenvalue weighted by molar-refractivity contribution is -0.461. The molecule has 0 bridgehead atoms. The van der Waals surface area contributed by atoms with E-state index < -0.39 is 29.7 Å². The number of hydrogen-bond acceptors (Lipinski definition) is 5. The van der Waals surface area contributed by atoms with Crippen LogP contribution in [-0.2, 0) is 17.4 Å². The van der Waals surface area contributed by atoms with Crippen LogP contribution in [0.1, 0.15) is 17.5 Å². The van der Waals surface area contributed by atoms with Crippen LogP contribution in [0.2, 0.25) is 0 Å². The lowest BCUT2D eigenvalue weighted by atomic mass is 10.1. The molecule has 1 aromatic heterocycles. The van der Waals surface area contributed by atoms with Gasteiger partial charge in [-0.05, 0) is 47.0 Å². The van der Waals surface area contributed by atoms with Crippen LogP contribution < -0.4 is 10.1 Å². The zero-order valence-electron chi connectivity index (χ0n) is 15.7. The maximum atomic E-state index is 13.9. The van der Waals surface area contributed by atoms with Crippen molar-refractivity contribution < 1.29 is 31.8 Å². The minimum atomic E-state index is -4.43. The highest BCUT2D eigenvalue weighted by Crippen LogP contribution is 2.46. The van der Waals surface area contributed by atoms with Gasteiger partial charge in [-0.15, -0.1) is 8.78 Å². The number of thiophene rings is 1. The average Bonchev–Trinajstić information content (AvgIpc) is 3.05. The maximum Gasteiger partial charge on any atom is 0.540 e. The average molecular weight is 445 g/mol. The number of fused-ring (bicyclic) bond motifs is 1. The second-order valence-electron chi connectivity index (χ2n) is 7.07. The van der Waals surface area contributed by atoms with Crippen LogP contribution in [0.15, 0.2) is 35.0 Å². The Kier molecular flexibility index (Phi) is 5.60. The third kappa shape index (κ3) is 4.68. The second kappa shape index (κ2) is 8.05. The topological polar surface area (TPSA) is 54.0 Å². The molecule has 0 atom stereocenters. The first-order chi connectivity index (χ1) is 14.2. The third-order valence-electron chi connectivity index (χ3n) is 4.88. The number of rotatable bonds is 3. The lowest BCUT2D eigenvalue weighted by Crippen LogP contribution is -2.41. The molecule has 0 unspecified atom stereocenters. The fourth-order valence-electron chi connectivity index (χ4n) is 3.45. The summed E-state index contributed by atoms with van der Waals surface area (Å²) in [7, 11) is 0. The number of benzene rings is 1. The number of carbonyl (C=O) groups excluding carboxylic acids is 1. The molecular weight excluding hydrogens is 426 g/mol. The summed E-state index contributed by atoms with van der Waals surface area (Å²) in [5.74, 6) is -0.701. The van der Waals surface area contributed by atoms with Crippen LogP contribution in [0.4, 0.5) is 28.0 Å². The Balaban J connectivity index is 1.39. The van der Waals surface area contributed by atoms with Gasteiger partial charge in [0.15, 0.2) is 0 Å². The van der Waals surface area contributed by atoms with Crippen molar-refractivity contribution in [3.63, 3.8) is 0 Å². The largest absolute Gasteiger partial charge is 0.540 e. The fourth-order valence-corrected chi connectivity index (χ4v) is 4.11.